The summed E-state index contributed by atoms with van der Waals surface area (Å²) in [6.45, 7) is 11.1. The molecule has 0 aliphatic rings. The number of nitrogens with one attached hydrogen (secondary N) is 1. The molecule has 0 atom stereocenters. The molecule has 0 heterocycles. The highest BCUT2D eigenvalue weighted by molar-refractivity contribution is 7.87. The first kappa shape index (κ1) is 13.1. The van der Waals surface area contributed by atoms with Gasteiger partial charge in [0.25, 0.3) is 10.2 Å². The van der Waals surface area contributed by atoms with Crippen molar-refractivity contribution in [2.24, 2.45) is 0 Å². The van der Waals surface area contributed by atoms with E-state index < -0.39 is 10.2 Å². The van der Waals surface area contributed by atoms with Crippen LogP contribution in [-0.2, 0) is 10.2 Å². The highest BCUT2D eigenvalue weighted by Crippen LogP contribution is 1.97. The minimum absolute atomic E-state index is 0.215. The molecule has 0 unspecified atom stereocenters. The molecule has 0 spiro atoms. The summed E-state index contributed by atoms with van der Waals surface area (Å²) in [5.41, 5.74) is 0. The molecule has 0 saturated carbocycles. The molecule has 0 bridgehead atoms. The molecule has 1 N–H and O–H groups in total. The molecule has 0 amide bonds. The van der Waals surface area contributed by atoms with Crippen LogP contribution in [0.5, 0.6) is 0 Å². The summed E-state index contributed by atoms with van der Waals surface area (Å²) in [4.78, 5) is 0. The minimum atomic E-state index is -3.44. The van der Waals surface area contributed by atoms with E-state index in [0.717, 1.165) is 0 Å². The summed E-state index contributed by atoms with van der Waals surface area (Å²) in [6, 6.07) is 0. The SMILES string of the molecule is C=CCNS(=O)(=O)N(CC=C)CC=C. The lowest BCUT2D eigenvalue weighted by Crippen LogP contribution is -2.40. The van der Waals surface area contributed by atoms with Crippen LogP contribution in [-0.4, -0.2) is 32.4 Å². The van der Waals surface area contributed by atoms with Crippen molar-refractivity contribution in [2.75, 3.05) is 19.6 Å². The van der Waals surface area contributed by atoms with Gasteiger partial charge in [-0.2, -0.15) is 17.4 Å². The molecule has 0 radical (unpaired) electrons. The van der Waals surface area contributed by atoms with Crippen molar-refractivity contribution < 1.29 is 8.42 Å². The van der Waals surface area contributed by atoms with Crippen LogP contribution in [0.1, 0.15) is 0 Å². The van der Waals surface area contributed by atoms with E-state index in [1.807, 2.05) is 0 Å². The summed E-state index contributed by atoms with van der Waals surface area (Å²) in [5.74, 6) is 0. The second-order valence-electron chi connectivity index (χ2n) is 2.54. The Labute approximate surface area is 85.8 Å². The Bertz CT molecular complexity index is 286. The predicted octanol–water partition coefficient (Wildman–Crippen LogP) is 0.681. The Morgan fingerprint density at radius 3 is 1.93 bits per heavy atom. The highest BCUT2D eigenvalue weighted by Gasteiger charge is 2.17. The lowest BCUT2D eigenvalue weighted by Gasteiger charge is -2.18. The summed E-state index contributed by atoms with van der Waals surface area (Å²) in [5, 5.41) is 0. The summed E-state index contributed by atoms with van der Waals surface area (Å²) in [6.07, 6.45) is 4.53. The van der Waals surface area contributed by atoms with Gasteiger partial charge < -0.3 is 0 Å². The molecule has 0 rings (SSSR count). The molecule has 80 valence electrons. The summed E-state index contributed by atoms with van der Waals surface area (Å²) >= 11 is 0. The molecular weight excluding hydrogens is 200 g/mol. The second-order valence-corrected chi connectivity index (χ2v) is 4.29. The zero-order chi connectivity index (χ0) is 11.0. The van der Waals surface area contributed by atoms with E-state index in [2.05, 4.69) is 24.5 Å². The van der Waals surface area contributed by atoms with E-state index in [9.17, 15) is 8.42 Å². The van der Waals surface area contributed by atoms with Crippen LogP contribution in [0.3, 0.4) is 0 Å². The molecule has 0 saturated heterocycles. The van der Waals surface area contributed by atoms with Gasteiger partial charge in [0.2, 0.25) is 0 Å². The second kappa shape index (κ2) is 6.53. The lowest BCUT2D eigenvalue weighted by atomic mass is 10.5. The lowest BCUT2D eigenvalue weighted by molar-refractivity contribution is 0.464. The average molecular weight is 216 g/mol. The largest absolute Gasteiger partial charge is 0.280 e. The average Bonchev–Trinajstić information content (AvgIpc) is 2.14. The van der Waals surface area contributed by atoms with Gasteiger partial charge in [0.1, 0.15) is 0 Å². The normalized spacial score (nSPS) is 11.2. The number of hydrogen-bond donors (Lipinski definition) is 1. The van der Waals surface area contributed by atoms with Crippen molar-refractivity contribution in [1.29, 1.82) is 0 Å². The Morgan fingerprint density at radius 2 is 1.57 bits per heavy atom. The highest BCUT2D eigenvalue weighted by atomic mass is 32.2. The van der Waals surface area contributed by atoms with Crippen molar-refractivity contribution in [3.8, 4) is 0 Å². The van der Waals surface area contributed by atoms with Gasteiger partial charge >= 0.3 is 0 Å². The Kier molecular flexibility index (Phi) is 6.11. The molecule has 0 aliphatic heterocycles. The van der Waals surface area contributed by atoms with Crippen LogP contribution in [0.4, 0.5) is 0 Å². The molecule has 0 aliphatic carbocycles. The third kappa shape index (κ3) is 4.36. The van der Waals surface area contributed by atoms with Gasteiger partial charge in [-0.05, 0) is 0 Å². The van der Waals surface area contributed by atoms with Crippen LogP contribution in [0, 0.1) is 0 Å². The molecular formula is C9H16N2O2S. The smallest absolute Gasteiger partial charge is 0.198 e. The van der Waals surface area contributed by atoms with E-state index in [4.69, 9.17) is 0 Å². The molecule has 0 aromatic rings. The number of hydrogen-bond acceptors (Lipinski definition) is 2. The number of nitrogens with zero attached hydrogens (tertiary/aromatic N) is 1. The molecule has 0 aromatic heterocycles. The maximum atomic E-state index is 11.5. The van der Waals surface area contributed by atoms with Crippen molar-refractivity contribution >= 4 is 10.2 Å². The minimum Gasteiger partial charge on any atom is -0.198 e. The third-order valence-electron chi connectivity index (χ3n) is 1.42. The van der Waals surface area contributed by atoms with E-state index in [-0.39, 0.29) is 19.6 Å². The fourth-order valence-electron chi connectivity index (χ4n) is 0.814. The molecule has 4 nitrogen and oxygen atoms in total. The fourth-order valence-corrected chi connectivity index (χ4v) is 1.93. The standard InChI is InChI=1S/C9H16N2O2S/c1-4-7-10-14(12,13)11(8-5-2)9-6-3/h4-6,10H,1-3,7-9H2. The van der Waals surface area contributed by atoms with Crippen molar-refractivity contribution in [3.05, 3.63) is 38.0 Å². The first-order valence-corrected chi connectivity index (χ1v) is 5.60. The topological polar surface area (TPSA) is 49.4 Å². The van der Waals surface area contributed by atoms with E-state index in [0.29, 0.717) is 0 Å². The van der Waals surface area contributed by atoms with Crippen molar-refractivity contribution in [3.63, 3.8) is 0 Å². The Morgan fingerprint density at radius 1 is 1.07 bits per heavy atom. The molecule has 5 heteroatoms. The maximum absolute atomic E-state index is 11.5. The van der Waals surface area contributed by atoms with Crippen LogP contribution in [0.2, 0.25) is 0 Å². The summed E-state index contributed by atoms with van der Waals surface area (Å²) < 4.78 is 26.7. The van der Waals surface area contributed by atoms with Crippen LogP contribution >= 0.6 is 0 Å². The van der Waals surface area contributed by atoms with E-state index in [1.54, 1.807) is 0 Å². The van der Waals surface area contributed by atoms with Crippen molar-refractivity contribution in [1.82, 2.24) is 9.03 Å². The van der Waals surface area contributed by atoms with Gasteiger partial charge in [0.05, 0.1) is 0 Å². The van der Waals surface area contributed by atoms with Gasteiger partial charge in [0.15, 0.2) is 0 Å². The Balaban J connectivity index is 4.51. The Hall–Kier alpha value is -0.910. The van der Waals surface area contributed by atoms with Crippen molar-refractivity contribution in [2.45, 2.75) is 0 Å². The maximum Gasteiger partial charge on any atom is 0.280 e. The van der Waals surface area contributed by atoms with Crippen LogP contribution in [0.25, 0.3) is 0 Å². The van der Waals surface area contributed by atoms with E-state index >= 15 is 0 Å². The molecule has 0 aromatic carbocycles. The molecule has 14 heavy (non-hydrogen) atoms. The predicted molar refractivity (Wildman–Crippen MR) is 59.1 cm³/mol. The first-order chi connectivity index (χ1) is 6.58. The van der Waals surface area contributed by atoms with Gasteiger partial charge in [-0.3, -0.25) is 0 Å². The van der Waals surface area contributed by atoms with E-state index in [1.165, 1.54) is 22.5 Å². The monoisotopic (exact) mass is 216 g/mol. The number of rotatable bonds is 8. The zero-order valence-corrected chi connectivity index (χ0v) is 8.96. The van der Waals surface area contributed by atoms with Gasteiger partial charge in [-0.15, -0.1) is 19.7 Å². The zero-order valence-electron chi connectivity index (χ0n) is 8.15. The van der Waals surface area contributed by atoms with Gasteiger partial charge in [-0.1, -0.05) is 18.2 Å². The fraction of sp³-hybridized carbons (Fsp3) is 0.333. The third-order valence-corrected chi connectivity index (χ3v) is 2.92. The molecule has 0 fully saturated rings. The van der Waals surface area contributed by atoms with Crippen LogP contribution < -0.4 is 4.72 Å². The van der Waals surface area contributed by atoms with Crippen LogP contribution in [0.15, 0.2) is 38.0 Å². The van der Waals surface area contributed by atoms with Gasteiger partial charge in [0, 0.05) is 19.6 Å². The van der Waals surface area contributed by atoms with Gasteiger partial charge in [-0.25, -0.2) is 0 Å². The quantitative estimate of drug-likeness (QED) is 0.607. The summed E-state index contributed by atoms with van der Waals surface area (Å²) in [7, 11) is -3.44. The first-order valence-electron chi connectivity index (χ1n) is 4.16.